The third-order valence-corrected chi connectivity index (χ3v) is 7.19. The van der Waals surface area contributed by atoms with Crippen LogP contribution in [0.4, 0.5) is 5.82 Å². The number of carbonyl (C=O) groups is 1. The van der Waals surface area contributed by atoms with Crippen molar-refractivity contribution in [3.8, 4) is 17.5 Å². The molecule has 3 aromatic heterocycles. The van der Waals surface area contributed by atoms with Crippen molar-refractivity contribution in [3.05, 3.63) is 77.6 Å². The number of nitrogens with one attached hydrogen (secondary N) is 1. The van der Waals surface area contributed by atoms with Crippen LogP contribution in [0.2, 0.25) is 0 Å². The molecule has 2 aliphatic rings. The number of nitriles is 1. The number of piperidine rings is 1. The third kappa shape index (κ3) is 4.17. The zero-order valence-electron chi connectivity index (χ0n) is 20.2. The molecule has 4 aromatic rings. The predicted octanol–water partition coefficient (Wildman–Crippen LogP) is 4.89. The first-order valence-corrected chi connectivity index (χ1v) is 12.5. The van der Waals surface area contributed by atoms with Crippen molar-refractivity contribution in [3.63, 3.8) is 0 Å². The number of likely N-dealkylation sites (tertiary alicyclic amines) is 1. The molecule has 4 heterocycles. The van der Waals surface area contributed by atoms with Crippen LogP contribution in [-0.4, -0.2) is 43.2 Å². The molecule has 2 fully saturated rings. The number of aryl methyl sites for hydroxylation is 1. The third-order valence-electron chi connectivity index (χ3n) is 7.19. The fraction of sp³-hybridized carbons (Fsp3) is 0.321. The summed E-state index contributed by atoms with van der Waals surface area (Å²) < 4.78 is 2.11. The van der Waals surface area contributed by atoms with Gasteiger partial charge < -0.3 is 10.2 Å². The second kappa shape index (κ2) is 9.08. The van der Waals surface area contributed by atoms with Crippen molar-refractivity contribution in [2.24, 2.45) is 0 Å². The monoisotopic (exact) mass is 477 g/mol. The van der Waals surface area contributed by atoms with Gasteiger partial charge in [-0.15, -0.1) is 0 Å². The van der Waals surface area contributed by atoms with E-state index in [0.29, 0.717) is 23.8 Å². The van der Waals surface area contributed by atoms with Crippen molar-refractivity contribution in [1.29, 1.82) is 5.26 Å². The van der Waals surface area contributed by atoms with Crippen LogP contribution in [0.15, 0.2) is 55.0 Å². The SMILES string of the molecule is Cc1nccn2c(C3CCCN(C#N)C3)nc(-c3ccc(C(=O)Nc4cc(C5CC5)ccn4)cc3)c12. The Morgan fingerprint density at radius 2 is 1.92 bits per heavy atom. The Hall–Kier alpha value is -4.25. The lowest BCUT2D eigenvalue weighted by atomic mass is 9.97. The molecule has 1 N–H and O–H groups in total. The van der Waals surface area contributed by atoms with E-state index in [2.05, 4.69) is 25.9 Å². The van der Waals surface area contributed by atoms with E-state index in [1.165, 1.54) is 18.4 Å². The molecule has 8 heteroatoms. The van der Waals surface area contributed by atoms with E-state index < -0.39 is 0 Å². The van der Waals surface area contributed by atoms with Crippen LogP contribution in [0.5, 0.6) is 0 Å². The molecule has 1 saturated heterocycles. The summed E-state index contributed by atoms with van der Waals surface area (Å²) in [6.45, 7) is 3.45. The Labute approximate surface area is 209 Å². The minimum Gasteiger partial charge on any atom is -0.310 e. The number of carbonyl (C=O) groups excluding carboxylic acids is 1. The molecule has 180 valence electrons. The van der Waals surface area contributed by atoms with Crippen LogP contribution in [0, 0.1) is 18.4 Å². The van der Waals surface area contributed by atoms with E-state index in [0.717, 1.165) is 47.7 Å². The van der Waals surface area contributed by atoms with Crippen LogP contribution in [0.1, 0.15) is 65.0 Å². The van der Waals surface area contributed by atoms with E-state index in [4.69, 9.17) is 4.98 Å². The Morgan fingerprint density at radius 3 is 2.69 bits per heavy atom. The summed E-state index contributed by atoms with van der Waals surface area (Å²) in [5.74, 6) is 2.12. The Balaban J connectivity index is 1.29. The summed E-state index contributed by atoms with van der Waals surface area (Å²) in [6.07, 6.45) is 12.2. The van der Waals surface area contributed by atoms with Gasteiger partial charge in [0.15, 0.2) is 6.19 Å². The first-order valence-electron chi connectivity index (χ1n) is 12.5. The minimum atomic E-state index is -0.186. The summed E-state index contributed by atoms with van der Waals surface area (Å²) in [5.41, 5.74) is 5.41. The molecule has 0 radical (unpaired) electrons. The fourth-order valence-corrected chi connectivity index (χ4v) is 5.14. The van der Waals surface area contributed by atoms with Gasteiger partial charge in [0.05, 0.1) is 16.9 Å². The largest absolute Gasteiger partial charge is 0.310 e. The van der Waals surface area contributed by atoms with Gasteiger partial charge in [0.25, 0.3) is 5.91 Å². The van der Waals surface area contributed by atoms with Gasteiger partial charge in [-0.2, -0.15) is 5.26 Å². The number of rotatable bonds is 5. The van der Waals surface area contributed by atoms with Crippen LogP contribution in [0.25, 0.3) is 16.8 Å². The topological polar surface area (TPSA) is 99.2 Å². The lowest BCUT2D eigenvalue weighted by Gasteiger charge is -2.27. The van der Waals surface area contributed by atoms with Gasteiger partial charge in [0.1, 0.15) is 11.6 Å². The summed E-state index contributed by atoms with van der Waals surface area (Å²) in [5, 5.41) is 12.3. The average molecular weight is 478 g/mol. The number of benzene rings is 1. The highest BCUT2D eigenvalue weighted by Crippen LogP contribution is 2.40. The number of amides is 1. The van der Waals surface area contributed by atoms with E-state index >= 15 is 0 Å². The summed E-state index contributed by atoms with van der Waals surface area (Å²) in [4.78, 5) is 28.6. The molecular weight excluding hydrogens is 450 g/mol. The second-order valence-corrected chi connectivity index (χ2v) is 9.72. The number of anilines is 1. The molecule has 6 rings (SSSR count). The normalized spacial score (nSPS) is 17.7. The maximum atomic E-state index is 12.9. The van der Waals surface area contributed by atoms with Gasteiger partial charge >= 0.3 is 0 Å². The van der Waals surface area contributed by atoms with E-state index in [9.17, 15) is 10.1 Å². The van der Waals surface area contributed by atoms with Crippen LogP contribution in [-0.2, 0) is 0 Å². The standard InChI is InChI=1S/C28H27N7O/c1-18-26-25(33-27(35(26)14-12-30-18)23-3-2-13-34(16-23)17-29)20-6-8-21(9-7-20)28(36)32-24-15-22(10-11-31-24)19-4-5-19/h6-12,14-15,19,23H,2-5,13,16H2,1H3,(H,31,32,36). The number of imidazole rings is 1. The first-order chi connectivity index (χ1) is 17.6. The zero-order chi connectivity index (χ0) is 24.6. The van der Waals surface area contributed by atoms with Crippen LogP contribution in [0.3, 0.4) is 0 Å². The number of hydrogen-bond acceptors (Lipinski definition) is 6. The van der Waals surface area contributed by atoms with Crippen molar-refractivity contribution >= 4 is 17.2 Å². The van der Waals surface area contributed by atoms with E-state index in [-0.39, 0.29) is 11.8 Å². The van der Waals surface area contributed by atoms with Crippen molar-refractivity contribution < 1.29 is 4.79 Å². The van der Waals surface area contributed by atoms with Crippen LogP contribution < -0.4 is 5.32 Å². The molecule has 1 unspecified atom stereocenters. The van der Waals surface area contributed by atoms with Crippen molar-refractivity contribution in [2.45, 2.75) is 44.4 Å². The van der Waals surface area contributed by atoms with Crippen molar-refractivity contribution in [2.75, 3.05) is 18.4 Å². The minimum absolute atomic E-state index is 0.172. The molecule has 0 bridgehead atoms. The number of fused-ring (bicyclic) bond motifs is 1. The highest BCUT2D eigenvalue weighted by atomic mass is 16.1. The van der Waals surface area contributed by atoms with Gasteiger partial charge in [0, 0.05) is 48.7 Å². The molecule has 1 atom stereocenters. The molecule has 0 spiro atoms. The van der Waals surface area contributed by atoms with Gasteiger partial charge in [0.2, 0.25) is 0 Å². The first kappa shape index (κ1) is 22.2. The molecular formula is C28H27N7O. The lowest BCUT2D eigenvalue weighted by molar-refractivity contribution is 0.102. The number of aromatic nitrogens is 4. The zero-order valence-corrected chi connectivity index (χ0v) is 20.2. The van der Waals surface area contributed by atoms with Crippen molar-refractivity contribution in [1.82, 2.24) is 24.3 Å². The van der Waals surface area contributed by atoms with E-state index in [1.807, 2.05) is 54.4 Å². The summed E-state index contributed by atoms with van der Waals surface area (Å²) in [7, 11) is 0. The predicted molar refractivity (Wildman–Crippen MR) is 136 cm³/mol. The quantitative estimate of drug-likeness (QED) is 0.411. The maximum Gasteiger partial charge on any atom is 0.256 e. The number of hydrogen-bond donors (Lipinski definition) is 1. The number of pyridine rings is 1. The maximum absolute atomic E-state index is 12.9. The summed E-state index contributed by atoms with van der Waals surface area (Å²) >= 11 is 0. The Kier molecular flexibility index (Phi) is 5.61. The molecule has 1 aliphatic carbocycles. The lowest BCUT2D eigenvalue weighted by Crippen LogP contribution is -2.31. The van der Waals surface area contributed by atoms with Gasteiger partial charge in [-0.05, 0) is 68.4 Å². The highest BCUT2D eigenvalue weighted by molar-refractivity contribution is 6.04. The summed E-state index contributed by atoms with van der Waals surface area (Å²) in [6, 6.07) is 11.5. The highest BCUT2D eigenvalue weighted by Gasteiger charge is 2.27. The fourth-order valence-electron chi connectivity index (χ4n) is 5.14. The van der Waals surface area contributed by atoms with Gasteiger partial charge in [-0.25, -0.2) is 9.97 Å². The van der Waals surface area contributed by atoms with Crippen LogP contribution >= 0.6 is 0 Å². The van der Waals surface area contributed by atoms with E-state index in [1.54, 1.807) is 12.4 Å². The Morgan fingerprint density at radius 1 is 1.08 bits per heavy atom. The molecule has 1 aromatic carbocycles. The average Bonchev–Trinajstić information content (AvgIpc) is 3.69. The number of nitrogens with zero attached hydrogens (tertiary/aromatic N) is 6. The Bertz CT molecular complexity index is 1480. The molecule has 1 aliphatic heterocycles. The smallest absolute Gasteiger partial charge is 0.256 e. The molecule has 8 nitrogen and oxygen atoms in total. The molecule has 36 heavy (non-hydrogen) atoms. The van der Waals surface area contributed by atoms with Gasteiger partial charge in [-0.3, -0.25) is 14.2 Å². The molecule has 1 saturated carbocycles. The molecule has 1 amide bonds. The van der Waals surface area contributed by atoms with Gasteiger partial charge in [-0.1, -0.05) is 12.1 Å². The second-order valence-electron chi connectivity index (χ2n) is 9.72.